The lowest BCUT2D eigenvalue weighted by molar-refractivity contribution is -0.140. The van der Waals surface area contributed by atoms with Gasteiger partial charge in [0.1, 0.15) is 0 Å². The molecule has 1 saturated heterocycles. The van der Waals surface area contributed by atoms with Gasteiger partial charge < -0.3 is 4.90 Å². The van der Waals surface area contributed by atoms with E-state index in [-0.39, 0.29) is 11.7 Å². The summed E-state index contributed by atoms with van der Waals surface area (Å²) in [4.78, 5) is 23.9. The normalized spacial score (nSPS) is 34.6. The van der Waals surface area contributed by atoms with Crippen LogP contribution in [-0.2, 0) is 9.59 Å². The number of carbonyl (C=O) groups is 2. The summed E-state index contributed by atoms with van der Waals surface area (Å²) < 4.78 is 0. The summed E-state index contributed by atoms with van der Waals surface area (Å²) in [7, 11) is 0. The number of rotatable bonds is 2. The summed E-state index contributed by atoms with van der Waals surface area (Å²) in [6.07, 6.45) is 2.67. The van der Waals surface area contributed by atoms with Crippen molar-refractivity contribution < 1.29 is 9.59 Å². The number of ketones is 1. The molecule has 2 unspecified atom stereocenters. The minimum absolute atomic E-state index is 0.197. The maximum absolute atomic E-state index is 11.2. The molecule has 0 aromatic heterocycles. The SMILES string of the molecule is CCC1CC1N1CCC(=O)C1=O. The Morgan fingerprint density at radius 3 is 2.67 bits per heavy atom. The zero-order chi connectivity index (χ0) is 8.72. The van der Waals surface area contributed by atoms with Crippen molar-refractivity contribution in [3.8, 4) is 0 Å². The Hall–Kier alpha value is -0.860. The van der Waals surface area contributed by atoms with Crippen LogP contribution in [0.3, 0.4) is 0 Å². The number of nitrogens with zero attached hydrogens (tertiary/aromatic N) is 1. The van der Waals surface area contributed by atoms with Crippen molar-refractivity contribution in [2.24, 2.45) is 5.92 Å². The molecule has 0 bridgehead atoms. The van der Waals surface area contributed by atoms with Crippen LogP contribution >= 0.6 is 0 Å². The lowest BCUT2D eigenvalue weighted by Crippen LogP contribution is -2.30. The van der Waals surface area contributed by atoms with Gasteiger partial charge in [0, 0.05) is 19.0 Å². The van der Waals surface area contributed by atoms with Gasteiger partial charge in [0.05, 0.1) is 0 Å². The van der Waals surface area contributed by atoms with Gasteiger partial charge in [-0.05, 0) is 12.3 Å². The van der Waals surface area contributed by atoms with Crippen molar-refractivity contribution in [3.05, 3.63) is 0 Å². The Morgan fingerprint density at radius 2 is 2.25 bits per heavy atom. The van der Waals surface area contributed by atoms with Crippen LogP contribution in [0.4, 0.5) is 0 Å². The molecule has 1 saturated carbocycles. The molecule has 0 aromatic rings. The molecule has 1 amide bonds. The van der Waals surface area contributed by atoms with Gasteiger partial charge in [-0.25, -0.2) is 0 Å². The maximum Gasteiger partial charge on any atom is 0.290 e. The fraction of sp³-hybridized carbons (Fsp3) is 0.778. The van der Waals surface area contributed by atoms with Gasteiger partial charge in [-0.3, -0.25) is 9.59 Å². The molecule has 0 N–H and O–H groups in total. The van der Waals surface area contributed by atoms with Crippen LogP contribution in [0.2, 0.25) is 0 Å². The van der Waals surface area contributed by atoms with E-state index in [9.17, 15) is 9.59 Å². The second-order valence-corrected chi connectivity index (χ2v) is 3.64. The molecule has 3 heteroatoms. The smallest absolute Gasteiger partial charge is 0.290 e. The second kappa shape index (κ2) is 2.57. The van der Waals surface area contributed by atoms with Crippen molar-refractivity contribution in [2.75, 3.05) is 6.54 Å². The lowest BCUT2D eigenvalue weighted by Gasteiger charge is -2.13. The lowest BCUT2D eigenvalue weighted by atomic mass is 10.3. The molecular formula is C9H13NO2. The predicted octanol–water partition coefficient (Wildman–Crippen LogP) is 0.586. The fourth-order valence-electron chi connectivity index (χ4n) is 1.96. The Balaban J connectivity index is 1.99. The monoisotopic (exact) mass is 167 g/mol. The van der Waals surface area contributed by atoms with Crippen molar-refractivity contribution in [3.63, 3.8) is 0 Å². The largest absolute Gasteiger partial charge is 0.332 e. The van der Waals surface area contributed by atoms with Crippen LogP contribution in [0.15, 0.2) is 0 Å². The summed E-state index contributed by atoms with van der Waals surface area (Å²) >= 11 is 0. The number of hydrogen-bond acceptors (Lipinski definition) is 2. The molecule has 1 aliphatic heterocycles. The molecule has 1 aliphatic carbocycles. The second-order valence-electron chi connectivity index (χ2n) is 3.64. The molecule has 2 rings (SSSR count). The molecular weight excluding hydrogens is 154 g/mol. The van der Waals surface area contributed by atoms with Crippen LogP contribution < -0.4 is 0 Å². The molecule has 2 aliphatic rings. The Labute approximate surface area is 71.7 Å². The molecule has 3 nitrogen and oxygen atoms in total. The highest BCUT2D eigenvalue weighted by atomic mass is 16.2. The summed E-state index contributed by atoms with van der Waals surface area (Å²) in [6.45, 7) is 2.80. The van der Waals surface area contributed by atoms with E-state index in [1.807, 2.05) is 0 Å². The maximum atomic E-state index is 11.2. The first-order valence-corrected chi connectivity index (χ1v) is 4.58. The standard InChI is InChI=1S/C9H13NO2/c1-2-6-5-7(6)10-4-3-8(11)9(10)12/h6-7H,2-5H2,1H3. The number of Topliss-reactive ketones (excluding diaryl/α,β-unsaturated/α-hetero) is 1. The van der Waals surface area contributed by atoms with E-state index in [0.29, 0.717) is 24.9 Å². The number of amides is 1. The third-order valence-corrected chi connectivity index (χ3v) is 2.89. The molecule has 2 fully saturated rings. The van der Waals surface area contributed by atoms with Gasteiger partial charge in [0.25, 0.3) is 5.91 Å². The Bertz CT molecular complexity index is 237. The fourth-order valence-corrected chi connectivity index (χ4v) is 1.96. The van der Waals surface area contributed by atoms with E-state index in [0.717, 1.165) is 12.8 Å². The van der Waals surface area contributed by atoms with E-state index in [1.54, 1.807) is 4.90 Å². The molecule has 12 heavy (non-hydrogen) atoms. The Kier molecular flexibility index (Phi) is 1.67. The van der Waals surface area contributed by atoms with Gasteiger partial charge in [-0.2, -0.15) is 0 Å². The highest BCUT2D eigenvalue weighted by Gasteiger charge is 2.46. The first-order chi connectivity index (χ1) is 5.74. The van der Waals surface area contributed by atoms with E-state index in [4.69, 9.17) is 0 Å². The number of carbonyl (C=O) groups excluding carboxylic acids is 2. The third-order valence-electron chi connectivity index (χ3n) is 2.89. The molecule has 1 heterocycles. The van der Waals surface area contributed by atoms with Gasteiger partial charge in [0.2, 0.25) is 5.78 Å². The van der Waals surface area contributed by atoms with Crippen LogP contribution in [0, 0.1) is 5.92 Å². The molecule has 0 aromatic carbocycles. The van der Waals surface area contributed by atoms with Crippen LogP contribution in [0.5, 0.6) is 0 Å². The van der Waals surface area contributed by atoms with Crippen LogP contribution in [0.25, 0.3) is 0 Å². The zero-order valence-corrected chi connectivity index (χ0v) is 7.25. The minimum Gasteiger partial charge on any atom is -0.332 e. The quantitative estimate of drug-likeness (QED) is 0.564. The minimum atomic E-state index is -0.240. The number of likely N-dealkylation sites (tertiary alicyclic amines) is 1. The van der Waals surface area contributed by atoms with Gasteiger partial charge in [0.15, 0.2) is 0 Å². The zero-order valence-electron chi connectivity index (χ0n) is 7.25. The molecule has 2 atom stereocenters. The summed E-state index contributed by atoms with van der Waals surface area (Å²) in [5.74, 6) is 0.229. The van der Waals surface area contributed by atoms with Crippen molar-refractivity contribution in [1.82, 2.24) is 4.90 Å². The topological polar surface area (TPSA) is 37.4 Å². The summed E-state index contributed by atoms with van der Waals surface area (Å²) in [5.41, 5.74) is 0. The molecule has 0 spiro atoms. The van der Waals surface area contributed by atoms with E-state index < -0.39 is 0 Å². The average molecular weight is 167 g/mol. The van der Waals surface area contributed by atoms with E-state index in [1.165, 1.54) is 0 Å². The van der Waals surface area contributed by atoms with Gasteiger partial charge in [-0.1, -0.05) is 13.3 Å². The van der Waals surface area contributed by atoms with E-state index >= 15 is 0 Å². The number of hydrogen-bond donors (Lipinski definition) is 0. The van der Waals surface area contributed by atoms with Crippen LogP contribution in [0.1, 0.15) is 26.2 Å². The summed E-state index contributed by atoms with van der Waals surface area (Å²) in [6, 6.07) is 0.397. The van der Waals surface area contributed by atoms with Gasteiger partial charge >= 0.3 is 0 Å². The van der Waals surface area contributed by atoms with Crippen LogP contribution in [-0.4, -0.2) is 29.2 Å². The van der Waals surface area contributed by atoms with Gasteiger partial charge in [-0.15, -0.1) is 0 Å². The first kappa shape index (κ1) is 7.77. The molecule has 0 radical (unpaired) electrons. The average Bonchev–Trinajstić information content (AvgIpc) is 2.77. The van der Waals surface area contributed by atoms with Crippen molar-refractivity contribution in [1.29, 1.82) is 0 Å². The Morgan fingerprint density at radius 1 is 1.50 bits per heavy atom. The van der Waals surface area contributed by atoms with E-state index in [2.05, 4.69) is 6.92 Å². The van der Waals surface area contributed by atoms with Crippen molar-refractivity contribution in [2.45, 2.75) is 32.2 Å². The highest BCUT2D eigenvalue weighted by Crippen LogP contribution is 2.39. The third kappa shape index (κ3) is 1.04. The predicted molar refractivity (Wildman–Crippen MR) is 43.5 cm³/mol. The van der Waals surface area contributed by atoms with Crippen molar-refractivity contribution >= 4 is 11.7 Å². The first-order valence-electron chi connectivity index (χ1n) is 4.58. The summed E-state index contributed by atoms with van der Waals surface area (Å²) in [5, 5.41) is 0. The highest BCUT2D eigenvalue weighted by molar-refractivity contribution is 6.38. The molecule has 66 valence electrons.